The summed E-state index contributed by atoms with van der Waals surface area (Å²) in [4.78, 5) is 5.14. The van der Waals surface area contributed by atoms with Crippen LogP contribution in [0.3, 0.4) is 0 Å². The highest BCUT2D eigenvalue weighted by Crippen LogP contribution is 2.52. The minimum atomic E-state index is -3.34. The van der Waals surface area contributed by atoms with E-state index < -0.39 is 7.14 Å². The Balaban J connectivity index is 1.24. The molecule has 5 heteroatoms. The first-order valence-corrected chi connectivity index (χ1v) is 17.9. The molecule has 10 rings (SSSR count). The molecule has 3 heterocycles. The molecule has 48 heavy (non-hydrogen) atoms. The lowest BCUT2D eigenvalue weighted by Crippen LogP contribution is -2.34. The third-order valence-corrected chi connectivity index (χ3v) is 12.9. The summed E-state index contributed by atoms with van der Waals surface area (Å²) in [7, 11) is -3.34. The Morgan fingerprint density at radius 1 is 0.500 bits per heavy atom. The molecule has 0 aliphatic carbocycles. The van der Waals surface area contributed by atoms with Gasteiger partial charge in [-0.2, -0.15) is 0 Å². The number of nitrogens with zero attached hydrogens (tertiary/aromatic N) is 3. The smallest absolute Gasteiger partial charge is 0.175 e. The van der Waals surface area contributed by atoms with Gasteiger partial charge in [0.1, 0.15) is 5.82 Å². The Bertz CT molecular complexity index is 2690. The second-order valence-electron chi connectivity index (χ2n) is 12.3. The highest BCUT2D eigenvalue weighted by Gasteiger charge is 2.41. The molecule has 0 N–H and O–H groups in total. The van der Waals surface area contributed by atoms with Crippen LogP contribution < -0.4 is 15.9 Å². The monoisotopic (exact) mass is 633 g/mol. The molecule has 226 valence electrons. The fraction of sp³-hybridized carbons (Fsp3) is 0. The van der Waals surface area contributed by atoms with E-state index in [2.05, 4.69) is 112 Å². The molecule has 4 nitrogen and oxygen atoms in total. The van der Waals surface area contributed by atoms with Crippen LogP contribution in [0.1, 0.15) is 0 Å². The number of imidazole rings is 1. The summed E-state index contributed by atoms with van der Waals surface area (Å²) in [6.45, 7) is 0. The van der Waals surface area contributed by atoms with E-state index in [9.17, 15) is 0 Å². The van der Waals surface area contributed by atoms with E-state index in [-0.39, 0.29) is 0 Å². The summed E-state index contributed by atoms with van der Waals surface area (Å²) in [5, 5.41) is 4.95. The van der Waals surface area contributed by atoms with Crippen LogP contribution in [0.2, 0.25) is 0 Å². The largest absolute Gasteiger partial charge is 0.309 e. The van der Waals surface area contributed by atoms with E-state index in [1.807, 2.05) is 66.7 Å². The summed E-state index contributed by atoms with van der Waals surface area (Å²) >= 11 is 0. The number of hydrogen-bond donors (Lipinski definition) is 0. The van der Waals surface area contributed by atoms with Gasteiger partial charge in [0.25, 0.3) is 0 Å². The maximum Gasteiger partial charge on any atom is 0.175 e. The molecule has 0 radical (unpaired) electrons. The van der Waals surface area contributed by atoms with Gasteiger partial charge in [0.15, 0.2) is 7.14 Å². The topological polar surface area (TPSA) is 39.8 Å². The number of aromatic nitrogens is 3. The van der Waals surface area contributed by atoms with Gasteiger partial charge in [0.05, 0.1) is 33.1 Å². The van der Waals surface area contributed by atoms with Crippen LogP contribution in [-0.4, -0.2) is 14.1 Å². The molecular formula is C43H28N3OP. The quantitative estimate of drug-likeness (QED) is 0.181. The summed E-state index contributed by atoms with van der Waals surface area (Å²) in [6, 6.07) is 58.4. The van der Waals surface area contributed by atoms with Crippen molar-refractivity contribution in [3.63, 3.8) is 0 Å². The molecule has 2 aromatic heterocycles. The number of benzene rings is 7. The van der Waals surface area contributed by atoms with Crippen LogP contribution in [-0.2, 0) is 4.57 Å². The van der Waals surface area contributed by atoms with Crippen LogP contribution in [0.15, 0.2) is 170 Å². The first-order chi connectivity index (χ1) is 23.7. The zero-order valence-electron chi connectivity index (χ0n) is 25.9. The molecule has 0 saturated carbocycles. The molecule has 1 unspecified atom stereocenters. The van der Waals surface area contributed by atoms with Crippen molar-refractivity contribution in [3.05, 3.63) is 170 Å². The lowest BCUT2D eigenvalue weighted by atomic mass is 10.0. The normalized spacial score (nSPS) is 15.2. The van der Waals surface area contributed by atoms with Crippen molar-refractivity contribution in [3.8, 4) is 33.9 Å². The van der Waals surface area contributed by atoms with E-state index in [4.69, 9.17) is 4.98 Å². The standard InChI is InChI=1S/C43H28N3OP/c47-48(32-15-5-2-6-16-32)40-24-12-20-36-41(40)46(43(44-36)30-13-3-1-4-14-30)39-23-11-19-33(42(39)48)29-25-27-31(28-26-29)45-37-21-9-7-17-34(37)35-18-8-10-22-38(35)45/h1-28H. The van der Waals surface area contributed by atoms with E-state index in [0.717, 1.165) is 60.8 Å². The second kappa shape index (κ2) is 10.3. The van der Waals surface area contributed by atoms with Crippen LogP contribution in [0.4, 0.5) is 0 Å². The van der Waals surface area contributed by atoms with Crippen molar-refractivity contribution in [2.24, 2.45) is 0 Å². The Morgan fingerprint density at radius 2 is 1.12 bits per heavy atom. The number of para-hydroxylation sites is 3. The van der Waals surface area contributed by atoms with Gasteiger partial charge in [0, 0.05) is 32.6 Å². The molecule has 0 fully saturated rings. The molecular weight excluding hydrogens is 605 g/mol. The first kappa shape index (κ1) is 27.2. The van der Waals surface area contributed by atoms with E-state index in [0.29, 0.717) is 0 Å². The molecule has 0 saturated heterocycles. The van der Waals surface area contributed by atoms with Crippen molar-refractivity contribution in [2.45, 2.75) is 0 Å². The number of rotatable bonds is 4. The second-order valence-corrected chi connectivity index (χ2v) is 15.0. The Morgan fingerprint density at radius 3 is 1.83 bits per heavy atom. The van der Waals surface area contributed by atoms with E-state index >= 15 is 4.57 Å². The van der Waals surface area contributed by atoms with E-state index in [1.165, 1.54) is 21.8 Å². The van der Waals surface area contributed by atoms with Crippen molar-refractivity contribution in [1.82, 2.24) is 14.1 Å². The molecule has 1 aliphatic rings. The summed E-state index contributed by atoms with van der Waals surface area (Å²) in [5.41, 5.74) is 9.09. The van der Waals surface area contributed by atoms with Crippen molar-refractivity contribution in [2.75, 3.05) is 0 Å². The fourth-order valence-electron chi connectivity index (χ4n) is 7.67. The molecule has 9 aromatic rings. The van der Waals surface area contributed by atoms with Gasteiger partial charge in [-0.3, -0.25) is 4.57 Å². The van der Waals surface area contributed by atoms with Crippen molar-refractivity contribution >= 4 is 55.9 Å². The first-order valence-electron chi connectivity index (χ1n) is 16.2. The predicted octanol–water partition coefficient (Wildman–Crippen LogP) is 9.41. The van der Waals surface area contributed by atoms with E-state index in [1.54, 1.807) is 0 Å². The van der Waals surface area contributed by atoms with Crippen LogP contribution in [0.5, 0.6) is 0 Å². The average molecular weight is 634 g/mol. The fourth-order valence-corrected chi connectivity index (χ4v) is 10.9. The van der Waals surface area contributed by atoms with Gasteiger partial charge in [-0.15, -0.1) is 0 Å². The maximum atomic E-state index is 16.1. The zero-order valence-corrected chi connectivity index (χ0v) is 26.8. The Kier molecular flexibility index (Phi) is 5.82. The summed E-state index contributed by atoms with van der Waals surface area (Å²) in [5.74, 6) is 0.845. The van der Waals surface area contributed by atoms with Gasteiger partial charge in [-0.05, 0) is 53.6 Å². The lowest BCUT2D eigenvalue weighted by Gasteiger charge is -2.31. The van der Waals surface area contributed by atoms with Gasteiger partial charge in [-0.25, -0.2) is 4.98 Å². The Hall–Kier alpha value is -5.96. The molecule has 0 amide bonds. The predicted molar refractivity (Wildman–Crippen MR) is 199 cm³/mol. The molecule has 7 aromatic carbocycles. The average Bonchev–Trinajstić information content (AvgIpc) is 3.71. The molecule has 0 bridgehead atoms. The van der Waals surface area contributed by atoms with Crippen molar-refractivity contribution < 1.29 is 4.57 Å². The molecule has 0 spiro atoms. The molecule has 1 atom stereocenters. The maximum absolute atomic E-state index is 16.1. The third-order valence-electron chi connectivity index (χ3n) is 9.73. The molecule has 1 aliphatic heterocycles. The Labute approximate surface area is 277 Å². The van der Waals surface area contributed by atoms with Crippen molar-refractivity contribution in [1.29, 1.82) is 0 Å². The zero-order chi connectivity index (χ0) is 31.8. The summed E-state index contributed by atoms with van der Waals surface area (Å²) < 4.78 is 20.7. The number of fused-ring (bicyclic) bond motifs is 5. The van der Waals surface area contributed by atoms with Crippen LogP contribution in [0.25, 0.3) is 66.7 Å². The van der Waals surface area contributed by atoms with Crippen LogP contribution in [0, 0.1) is 0 Å². The van der Waals surface area contributed by atoms with Gasteiger partial charge < -0.3 is 9.13 Å². The minimum Gasteiger partial charge on any atom is -0.309 e. The van der Waals surface area contributed by atoms with Gasteiger partial charge in [-0.1, -0.05) is 127 Å². The summed E-state index contributed by atoms with van der Waals surface area (Å²) in [6.07, 6.45) is 0. The minimum absolute atomic E-state index is 0.821. The van der Waals surface area contributed by atoms with Crippen LogP contribution >= 0.6 is 7.14 Å². The van der Waals surface area contributed by atoms with Gasteiger partial charge in [0.2, 0.25) is 0 Å². The van der Waals surface area contributed by atoms with Gasteiger partial charge >= 0.3 is 0 Å². The number of hydrogen-bond acceptors (Lipinski definition) is 2. The highest BCUT2D eigenvalue weighted by atomic mass is 31.2. The highest BCUT2D eigenvalue weighted by molar-refractivity contribution is 7.86. The SMILES string of the molecule is O=P1(c2ccccc2)c2c(-c3ccc(-n4c5ccccc5c5ccccc54)cc3)cccc2-n2c(-c3ccccc3)nc3cccc1c32. The third kappa shape index (κ3) is 3.72. The lowest BCUT2D eigenvalue weighted by molar-refractivity contribution is 0.592.